The van der Waals surface area contributed by atoms with Gasteiger partial charge in [-0.2, -0.15) is 0 Å². The molecule has 0 saturated carbocycles. The molecule has 1 rings (SSSR count). The van der Waals surface area contributed by atoms with Crippen LogP contribution >= 0.6 is 22.6 Å². The van der Waals surface area contributed by atoms with Crippen molar-refractivity contribution in [2.24, 2.45) is 5.73 Å². The number of ether oxygens (including phenoxy) is 1. The van der Waals surface area contributed by atoms with Crippen molar-refractivity contribution in [3.8, 4) is 0 Å². The van der Waals surface area contributed by atoms with E-state index in [1.54, 1.807) is 28.7 Å². The Hall–Kier alpha value is -0.830. The number of rotatable bonds is 4. The normalized spacial score (nSPS) is 10.7. The second kappa shape index (κ2) is 6.20. The standard InChI is InChI=1S/C10H11F2IN2O2/c1-17-7(16)3-5-2-6(4-14)15-9(8(5)13)10(11)12/h2,10H,3-4,14H2,1H3. The van der Waals surface area contributed by atoms with Gasteiger partial charge in [-0.15, -0.1) is 0 Å². The van der Waals surface area contributed by atoms with Crippen LogP contribution in [0, 0.1) is 3.57 Å². The van der Waals surface area contributed by atoms with Gasteiger partial charge < -0.3 is 10.5 Å². The lowest BCUT2D eigenvalue weighted by Gasteiger charge is -2.10. The monoisotopic (exact) mass is 356 g/mol. The Labute approximate surface area is 111 Å². The lowest BCUT2D eigenvalue weighted by molar-refractivity contribution is -0.139. The van der Waals surface area contributed by atoms with Crippen LogP contribution < -0.4 is 5.73 Å². The minimum Gasteiger partial charge on any atom is -0.469 e. The molecule has 0 unspecified atom stereocenters. The molecule has 0 aliphatic heterocycles. The average molecular weight is 356 g/mol. The van der Waals surface area contributed by atoms with Crippen LogP contribution in [0.1, 0.15) is 23.4 Å². The number of nitrogens with zero attached hydrogens (tertiary/aromatic N) is 1. The van der Waals surface area contributed by atoms with Gasteiger partial charge in [0.25, 0.3) is 6.43 Å². The van der Waals surface area contributed by atoms with E-state index in [9.17, 15) is 13.6 Å². The zero-order valence-electron chi connectivity index (χ0n) is 9.04. The number of methoxy groups -OCH3 is 1. The minimum absolute atomic E-state index is 0.0464. The second-order valence-electron chi connectivity index (χ2n) is 3.23. The molecule has 0 aliphatic carbocycles. The van der Waals surface area contributed by atoms with Crippen molar-refractivity contribution >= 4 is 28.6 Å². The van der Waals surface area contributed by atoms with Gasteiger partial charge in [0.05, 0.1) is 19.2 Å². The van der Waals surface area contributed by atoms with Gasteiger partial charge >= 0.3 is 5.97 Å². The first kappa shape index (κ1) is 14.2. The first-order valence-electron chi connectivity index (χ1n) is 4.72. The van der Waals surface area contributed by atoms with Gasteiger partial charge in [-0.1, -0.05) is 0 Å². The third-order valence-corrected chi connectivity index (χ3v) is 3.34. The maximum Gasteiger partial charge on any atom is 0.310 e. The molecule has 0 fully saturated rings. The molecule has 0 aromatic carbocycles. The molecule has 0 amide bonds. The van der Waals surface area contributed by atoms with Gasteiger partial charge in [0.2, 0.25) is 0 Å². The fourth-order valence-corrected chi connectivity index (χ4v) is 1.97. The number of carbonyl (C=O) groups excluding carboxylic acids is 1. The first-order chi connectivity index (χ1) is 7.99. The molecule has 4 nitrogen and oxygen atoms in total. The lowest BCUT2D eigenvalue weighted by Crippen LogP contribution is -2.11. The molecule has 7 heteroatoms. The van der Waals surface area contributed by atoms with Gasteiger partial charge in [0.15, 0.2) is 0 Å². The van der Waals surface area contributed by atoms with E-state index in [2.05, 4.69) is 9.72 Å². The Bertz CT molecular complexity index is 427. The van der Waals surface area contributed by atoms with E-state index in [0.29, 0.717) is 11.3 Å². The number of esters is 1. The van der Waals surface area contributed by atoms with Gasteiger partial charge in [-0.3, -0.25) is 4.79 Å². The van der Waals surface area contributed by atoms with Crippen molar-refractivity contribution in [1.29, 1.82) is 0 Å². The van der Waals surface area contributed by atoms with Gasteiger partial charge in [0.1, 0.15) is 5.69 Å². The smallest absolute Gasteiger partial charge is 0.310 e. The van der Waals surface area contributed by atoms with E-state index in [-0.39, 0.29) is 22.2 Å². The number of aromatic nitrogens is 1. The average Bonchev–Trinajstić information content (AvgIpc) is 2.31. The zero-order chi connectivity index (χ0) is 13.0. The number of hydrogen-bond donors (Lipinski definition) is 1. The largest absolute Gasteiger partial charge is 0.469 e. The van der Waals surface area contributed by atoms with Crippen molar-refractivity contribution in [3.63, 3.8) is 0 Å². The molecule has 17 heavy (non-hydrogen) atoms. The summed E-state index contributed by atoms with van der Waals surface area (Å²) in [5.41, 5.74) is 5.83. The quantitative estimate of drug-likeness (QED) is 0.660. The highest BCUT2D eigenvalue weighted by molar-refractivity contribution is 14.1. The molecule has 0 atom stereocenters. The number of carbonyl (C=O) groups is 1. The van der Waals surface area contributed by atoms with E-state index < -0.39 is 12.4 Å². The molecule has 0 aliphatic rings. The third kappa shape index (κ3) is 3.56. The summed E-state index contributed by atoms with van der Waals surface area (Å²) in [6.45, 7) is 0.0464. The van der Waals surface area contributed by atoms with Gasteiger partial charge in [0, 0.05) is 10.1 Å². The molecule has 0 bridgehead atoms. The van der Waals surface area contributed by atoms with Gasteiger partial charge in [-0.25, -0.2) is 13.8 Å². The summed E-state index contributed by atoms with van der Waals surface area (Å²) in [5.74, 6) is -0.489. The first-order valence-corrected chi connectivity index (χ1v) is 5.80. The Morgan fingerprint density at radius 2 is 2.29 bits per heavy atom. The predicted octanol–water partition coefficient (Wildman–Crippen LogP) is 1.80. The van der Waals surface area contributed by atoms with Crippen molar-refractivity contribution in [1.82, 2.24) is 4.98 Å². The second-order valence-corrected chi connectivity index (χ2v) is 4.31. The predicted molar refractivity (Wildman–Crippen MR) is 65.5 cm³/mol. The summed E-state index contributed by atoms with van der Waals surface area (Å²) in [6, 6.07) is 1.55. The Kier molecular flexibility index (Phi) is 5.19. The number of hydrogen-bond acceptors (Lipinski definition) is 4. The van der Waals surface area contributed by atoms with Crippen LogP contribution in [0.3, 0.4) is 0 Å². The summed E-state index contributed by atoms with van der Waals surface area (Å²) in [7, 11) is 1.24. The van der Waals surface area contributed by atoms with E-state index >= 15 is 0 Å². The number of pyridine rings is 1. The van der Waals surface area contributed by atoms with Crippen LogP contribution in [-0.2, 0) is 22.5 Å². The van der Waals surface area contributed by atoms with Crippen LogP contribution in [-0.4, -0.2) is 18.1 Å². The molecular formula is C10H11F2IN2O2. The minimum atomic E-state index is -2.69. The number of alkyl halides is 2. The van der Waals surface area contributed by atoms with E-state index in [0.717, 1.165) is 0 Å². The maximum atomic E-state index is 12.7. The molecule has 1 heterocycles. The Morgan fingerprint density at radius 3 is 2.76 bits per heavy atom. The van der Waals surface area contributed by atoms with Crippen molar-refractivity contribution < 1.29 is 18.3 Å². The van der Waals surface area contributed by atoms with Crippen LogP contribution in [0.15, 0.2) is 6.07 Å². The van der Waals surface area contributed by atoms with E-state index in [1.807, 2.05) is 0 Å². The fourth-order valence-electron chi connectivity index (χ4n) is 1.27. The molecule has 0 radical (unpaired) electrons. The van der Waals surface area contributed by atoms with Crippen LogP contribution in [0.25, 0.3) is 0 Å². The summed E-state index contributed by atoms with van der Waals surface area (Å²) in [5, 5.41) is 0. The van der Waals surface area contributed by atoms with Crippen LogP contribution in [0.5, 0.6) is 0 Å². The number of nitrogens with two attached hydrogens (primary N) is 1. The SMILES string of the molecule is COC(=O)Cc1cc(CN)nc(C(F)F)c1I. The van der Waals surface area contributed by atoms with Crippen molar-refractivity contribution in [2.75, 3.05) is 7.11 Å². The van der Waals surface area contributed by atoms with Crippen LogP contribution in [0.2, 0.25) is 0 Å². The van der Waals surface area contributed by atoms with Crippen LogP contribution in [0.4, 0.5) is 8.78 Å². The third-order valence-electron chi connectivity index (χ3n) is 2.09. The van der Waals surface area contributed by atoms with Gasteiger partial charge in [-0.05, 0) is 34.2 Å². The Morgan fingerprint density at radius 1 is 1.65 bits per heavy atom. The highest BCUT2D eigenvalue weighted by Gasteiger charge is 2.19. The molecule has 0 saturated heterocycles. The molecule has 94 valence electrons. The molecule has 2 N–H and O–H groups in total. The summed E-state index contributed by atoms with van der Waals surface area (Å²) in [6.07, 6.45) is -2.76. The highest BCUT2D eigenvalue weighted by atomic mass is 127. The van der Waals surface area contributed by atoms with Crippen molar-refractivity contribution in [3.05, 3.63) is 26.6 Å². The Balaban J connectivity index is 3.19. The number of halogens is 3. The fraction of sp³-hybridized carbons (Fsp3) is 0.400. The topological polar surface area (TPSA) is 65.2 Å². The summed E-state index contributed by atoms with van der Waals surface area (Å²) >= 11 is 1.75. The molecule has 1 aromatic heterocycles. The highest BCUT2D eigenvalue weighted by Crippen LogP contribution is 2.26. The molecular weight excluding hydrogens is 345 g/mol. The maximum absolute atomic E-state index is 12.7. The summed E-state index contributed by atoms with van der Waals surface area (Å²) < 4.78 is 30.2. The van der Waals surface area contributed by atoms with E-state index in [4.69, 9.17) is 5.73 Å². The zero-order valence-corrected chi connectivity index (χ0v) is 11.2. The lowest BCUT2D eigenvalue weighted by atomic mass is 10.1. The molecule has 1 aromatic rings. The van der Waals surface area contributed by atoms with Crippen molar-refractivity contribution in [2.45, 2.75) is 19.4 Å². The molecule has 0 spiro atoms. The van der Waals surface area contributed by atoms with E-state index in [1.165, 1.54) is 7.11 Å². The summed E-state index contributed by atoms with van der Waals surface area (Å²) in [4.78, 5) is 14.9.